The first-order chi connectivity index (χ1) is 12.1. The summed E-state index contributed by atoms with van der Waals surface area (Å²) >= 11 is 0. The Bertz CT molecular complexity index is 627. The molecule has 0 heterocycles. The van der Waals surface area contributed by atoms with Gasteiger partial charge in [0.2, 0.25) is 0 Å². The van der Waals surface area contributed by atoms with E-state index in [1.165, 1.54) is 73.0 Å². The van der Waals surface area contributed by atoms with Gasteiger partial charge in [0.15, 0.2) is 0 Å². The van der Waals surface area contributed by atoms with Gasteiger partial charge in [-0.15, -0.1) is 0 Å². The summed E-state index contributed by atoms with van der Waals surface area (Å²) in [6.07, 6.45) is 9.49. The van der Waals surface area contributed by atoms with Crippen LogP contribution >= 0.6 is 0 Å². The van der Waals surface area contributed by atoms with Gasteiger partial charge in [0.1, 0.15) is 0 Å². The second-order valence-electron chi connectivity index (χ2n) is 7.54. The van der Waals surface area contributed by atoms with Crippen LogP contribution in [0.4, 0.5) is 11.4 Å². The summed E-state index contributed by atoms with van der Waals surface area (Å²) in [4.78, 5) is 0. The molecule has 0 aliphatic rings. The van der Waals surface area contributed by atoms with Gasteiger partial charge in [0, 0.05) is 11.4 Å². The number of unbranched alkanes of at least 4 members (excludes halogenated alkanes) is 5. The first-order valence-corrected chi connectivity index (χ1v) is 10.0. The lowest BCUT2D eigenvalue weighted by atomic mass is 9.92. The largest absolute Gasteiger partial charge is 0.355 e. The molecule has 0 bridgehead atoms. The molecule has 0 aliphatic heterocycles. The van der Waals surface area contributed by atoms with E-state index in [9.17, 15) is 0 Å². The van der Waals surface area contributed by atoms with Gasteiger partial charge >= 0.3 is 0 Å². The first-order valence-electron chi connectivity index (χ1n) is 10.0. The maximum absolute atomic E-state index is 3.63. The Morgan fingerprint density at radius 2 is 1.44 bits per heavy atom. The van der Waals surface area contributed by atoms with Crippen LogP contribution in [0.2, 0.25) is 0 Å². The van der Waals surface area contributed by atoms with Crippen LogP contribution in [0.1, 0.15) is 81.4 Å². The zero-order chi connectivity index (χ0) is 18.1. The third kappa shape index (κ3) is 6.57. The molecule has 1 N–H and O–H groups in total. The maximum Gasteiger partial charge on any atom is 0.0419 e. The van der Waals surface area contributed by atoms with E-state index in [2.05, 4.69) is 75.5 Å². The van der Waals surface area contributed by atoms with Gasteiger partial charge in [-0.05, 0) is 49.9 Å². The molecule has 25 heavy (non-hydrogen) atoms. The monoisotopic (exact) mass is 337 g/mol. The SMILES string of the molecule is CCCCCCCCC(C)c1cc(C)ccc1Nc1ccc(C)cc1. The van der Waals surface area contributed by atoms with Crippen LogP contribution in [0.5, 0.6) is 0 Å². The zero-order valence-corrected chi connectivity index (χ0v) is 16.6. The van der Waals surface area contributed by atoms with Crippen molar-refractivity contribution in [2.75, 3.05) is 5.32 Å². The lowest BCUT2D eigenvalue weighted by Gasteiger charge is -2.19. The van der Waals surface area contributed by atoms with Crippen LogP contribution in [0.3, 0.4) is 0 Å². The minimum Gasteiger partial charge on any atom is -0.355 e. The van der Waals surface area contributed by atoms with E-state index in [4.69, 9.17) is 0 Å². The topological polar surface area (TPSA) is 12.0 Å². The highest BCUT2D eigenvalue weighted by Crippen LogP contribution is 2.31. The van der Waals surface area contributed by atoms with Crippen LogP contribution in [0.25, 0.3) is 0 Å². The number of aryl methyl sites for hydroxylation is 2. The fraction of sp³-hybridized carbons (Fsp3) is 0.500. The van der Waals surface area contributed by atoms with Gasteiger partial charge in [0.05, 0.1) is 0 Å². The summed E-state index contributed by atoms with van der Waals surface area (Å²) in [6.45, 7) is 8.98. The molecule has 2 aromatic carbocycles. The average Bonchev–Trinajstić information content (AvgIpc) is 2.61. The smallest absolute Gasteiger partial charge is 0.0419 e. The van der Waals surface area contributed by atoms with Crippen LogP contribution < -0.4 is 5.32 Å². The molecule has 0 amide bonds. The molecule has 1 unspecified atom stereocenters. The molecular weight excluding hydrogens is 302 g/mol. The summed E-state index contributed by atoms with van der Waals surface area (Å²) < 4.78 is 0. The molecule has 0 aromatic heterocycles. The number of hydrogen-bond acceptors (Lipinski definition) is 1. The van der Waals surface area contributed by atoms with Crippen molar-refractivity contribution in [3.63, 3.8) is 0 Å². The van der Waals surface area contributed by atoms with Crippen molar-refractivity contribution < 1.29 is 0 Å². The summed E-state index contributed by atoms with van der Waals surface area (Å²) in [5.41, 5.74) is 6.52. The van der Waals surface area contributed by atoms with Crippen molar-refractivity contribution in [3.05, 3.63) is 59.2 Å². The number of rotatable bonds is 10. The predicted molar refractivity (Wildman–Crippen MR) is 112 cm³/mol. The first kappa shape index (κ1) is 19.6. The van der Waals surface area contributed by atoms with E-state index in [1.807, 2.05) is 0 Å². The Morgan fingerprint density at radius 3 is 2.16 bits per heavy atom. The molecule has 2 aromatic rings. The van der Waals surface area contributed by atoms with Crippen molar-refractivity contribution in [2.24, 2.45) is 0 Å². The van der Waals surface area contributed by atoms with Gasteiger partial charge < -0.3 is 5.32 Å². The van der Waals surface area contributed by atoms with Crippen LogP contribution in [-0.2, 0) is 0 Å². The summed E-state index contributed by atoms with van der Waals surface area (Å²) in [6, 6.07) is 15.5. The standard InChI is InChI=1S/C24H35N/c1-5-6-7-8-9-10-11-21(4)23-18-20(3)14-17-24(23)25-22-15-12-19(2)13-16-22/h12-18,21,25H,5-11H2,1-4H3. The van der Waals surface area contributed by atoms with E-state index in [0.717, 1.165) is 0 Å². The van der Waals surface area contributed by atoms with Crippen LogP contribution in [-0.4, -0.2) is 0 Å². The van der Waals surface area contributed by atoms with Gasteiger partial charge in [-0.3, -0.25) is 0 Å². The Morgan fingerprint density at radius 1 is 0.800 bits per heavy atom. The highest BCUT2D eigenvalue weighted by atomic mass is 14.9. The van der Waals surface area contributed by atoms with E-state index in [-0.39, 0.29) is 0 Å². The summed E-state index contributed by atoms with van der Waals surface area (Å²) in [7, 11) is 0. The van der Waals surface area contributed by atoms with Gasteiger partial charge in [-0.2, -0.15) is 0 Å². The Hall–Kier alpha value is -1.76. The Balaban J connectivity index is 1.98. The molecular formula is C24H35N. The third-order valence-electron chi connectivity index (χ3n) is 5.06. The van der Waals surface area contributed by atoms with Crippen molar-refractivity contribution in [1.29, 1.82) is 0 Å². The number of nitrogens with one attached hydrogen (secondary N) is 1. The number of benzene rings is 2. The summed E-state index contributed by atoms with van der Waals surface area (Å²) in [5, 5.41) is 3.63. The minimum absolute atomic E-state index is 0.596. The van der Waals surface area contributed by atoms with Crippen molar-refractivity contribution in [1.82, 2.24) is 0 Å². The second kappa shape index (κ2) is 10.3. The van der Waals surface area contributed by atoms with Crippen LogP contribution in [0, 0.1) is 13.8 Å². The molecule has 0 saturated heterocycles. The summed E-state index contributed by atoms with van der Waals surface area (Å²) in [5.74, 6) is 0.596. The van der Waals surface area contributed by atoms with E-state index < -0.39 is 0 Å². The molecule has 0 radical (unpaired) electrons. The predicted octanol–water partition coefficient (Wildman–Crippen LogP) is 7.90. The minimum atomic E-state index is 0.596. The Labute approximate surface area is 154 Å². The van der Waals surface area contributed by atoms with E-state index in [0.29, 0.717) is 5.92 Å². The molecule has 2 rings (SSSR count). The van der Waals surface area contributed by atoms with Gasteiger partial charge in [-0.1, -0.05) is 87.8 Å². The lowest BCUT2D eigenvalue weighted by Crippen LogP contribution is -2.01. The second-order valence-corrected chi connectivity index (χ2v) is 7.54. The van der Waals surface area contributed by atoms with Crippen molar-refractivity contribution in [2.45, 2.75) is 78.6 Å². The van der Waals surface area contributed by atoms with Crippen molar-refractivity contribution >= 4 is 11.4 Å². The molecule has 0 spiro atoms. The van der Waals surface area contributed by atoms with E-state index >= 15 is 0 Å². The average molecular weight is 338 g/mol. The number of anilines is 2. The van der Waals surface area contributed by atoms with Crippen molar-refractivity contribution in [3.8, 4) is 0 Å². The van der Waals surface area contributed by atoms with Gasteiger partial charge in [-0.25, -0.2) is 0 Å². The molecule has 1 nitrogen and oxygen atoms in total. The number of hydrogen-bond donors (Lipinski definition) is 1. The normalized spacial score (nSPS) is 12.2. The molecule has 0 aliphatic carbocycles. The lowest BCUT2D eigenvalue weighted by molar-refractivity contribution is 0.557. The molecule has 1 atom stereocenters. The highest BCUT2D eigenvalue weighted by molar-refractivity contribution is 5.64. The van der Waals surface area contributed by atoms with Crippen LogP contribution in [0.15, 0.2) is 42.5 Å². The van der Waals surface area contributed by atoms with Gasteiger partial charge in [0.25, 0.3) is 0 Å². The Kier molecular flexibility index (Phi) is 8.04. The third-order valence-corrected chi connectivity index (χ3v) is 5.06. The molecule has 0 saturated carbocycles. The zero-order valence-electron chi connectivity index (χ0n) is 16.6. The quantitative estimate of drug-likeness (QED) is 0.434. The maximum atomic E-state index is 3.63. The molecule has 136 valence electrons. The fourth-order valence-electron chi connectivity index (χ4n) is 3.38. The fourth-order valence-corrected chi connectivity index (χ4v) is 3.38. The van der Waals surface area contributed by atoms with E-state index in [1.54, 1.807) is 0 Å². The highest BCUT2D eigenvalue weighted by Gasteiger charge is 2.11. The molecule has 1 heteroatoms. The molecule has 0 fully saturated rings.